The maximum Gasteiger partial charge on any atom is 0.243 e. The van der Waals surface area contributed by atoms with E-state index in [1.807, 2.05) is 75.4 Å². The Morgan fingerprint density at radius 2 is 1.60 bits per heavy atom. The van der Waals surface area contributed by atoms with Gasteiger partial charge in [-0.1, -0.05) is 81.6 Å². The summed E-state index contributed by atoms with van der Waals surface area (Å²) in [7, 11) is -3.72. The number of benzene rings is 3. The third-order valence-corrected chi connectivity index (χ3v) is 8.63. The minimum Gasteiger partial charge on any atom is -0.350 e. The first-order chi connectivity index (χ1) is 19.6. The Hall–Kier alpha value is -2.59. The lowest BCUT2D eigenvalue weighted by Crippen LogP contribution is -2.54. The molecule has 1 atom stereocenters. The second kappa shape index (κ2) is 14.7. The van der Waals surface area contributed by atoms with Crippen LogP contribution in [0.5, 0.6) is 0 Å². The minimum atomic E-state index is -3.72. The molecular weight excluding hydrogens is 661 g/mol. The summed E-state index contributed by atoms with van der Waals surface area (Å²) in [5.41, 5.74) is 1.51. The fourth-order valence-electron chi connectivity index (χ4n) is 4.45. The van der Waals surface area contributed by atoms with Gasteiger partial charge in [-0.05, 0) is 68.7 Å². The van der Waals surface area contributed by atoms with Crippen molar-refractivity contribution in [1.29, 1.82) is 0 Å². The molecule has 2 amide bonds. The van der Waals surface area contributed by atoms with Crippen LogP contribution in [0, 0.1) is 0 Å². The Balaban J connectivity index is 1.92. The summed E-state index contributed by atoms with van der Waals surface area (Å²) in [6, 6.07) is 20.9. The van der Waals surface area contributed by atoms with E-state index >= 15 is 0 Å². The predicted molar refractivity (Wildman–Crippen MR) is 174 cm³/mol. The SMILES string of the molecule is CC(C)(C)NC(=O)C(Cc1ccccc1)N(Cc1ccc(Br)cc1)C(=O)CCCN(c1cc(Cl)ccc1Cl)S(C)(=O)=O. The molecule has 0 radical (unpaired) electrons. The van der Waals surface area contributed by atoms with Crippen LogP contribution in [0.1, 0.15) is 44.7 Å². The number of halogens is 3. The zero-order valence-corrected chi connectivity index (χ0v) is 28.0. The molecule has 3 aromatic rings. The number of hydrogen-bond donors (Lipinski definition) is 1. The smallest absolute Gasteiger partial charge is 0.243 e. The molecule has 0 aliphatic heterocycles. The molecule has 0 aliphatic carbocycles. The number of carbonyl (C=O) groups excluding carboxylic acids is 2. The van der Waals surface area contributed by atoms with Crippen molar-refractivity contribution >= 4 is 66.7 Å². The van der Waals surface area contributed by atoms with E-state index in [1.165, 1.54) is 12.1 Å². The molecule has 0 fully saturated rings. The van der Waals surface area contributed by atoms with Gasteiger partial charge < -0.3 is 10.2 Å². The Morgan fingerprint density at radius 3 is 2.19 bits per heavy atom. The fourth-order valence-corrected chi connectivity index (χ4v) is 6.12. The lowest BCUT2D eigenvalue weighted by Gasteiger charge is -2.34. The lowest BCUT2D eigenvalue weighted by molar-refractivity contribution is -0.142. The van der Waals surface area contributed by atoms with Crippen molar-refractivity contribution in [2.75, 3.05) is 17.1 Å². The van der Waals surface area contributed by atoms with Crippen LogP contribution in [0.2, 0.25) is 10.0 Å². The van der Waals surface area contributed by atoms with Crippen LogP contribution in [-0.4, -0.2) is 49.5 Å². The summed E-state index contributed by atoms with van der Waals surface area (Å²) in [5, 5.41) is 3.61. The van der Waals surface area contributed by atoms with Gasteiger partial charge >= 0.3 is 0 Å². The van der Waals surface area contributed by atoms with Gasteiger partial charge in [0.1, 0.15) is 6.04 Å². The summed E-state index contributed by atoms with van der Waals surface area (Å²) in [6.07, 6.45) is 1.61. The third kappa shape index (κ3) is 10.3. The zero-order valence-electron chi connectivity index (χ0n) is 24.1. The molecule has 0 spiro atoms. The highest BCUT2D eigenvalue weighted by Gasteiger charge is 2.32. The molecule has 1 unspecified atom stereocenters. The molecule has 0 saturated heterocycles. The molecule has 1 N–H and O–H groups in total. The second-order valence-electron chi connectivity index (χ2n) is 11.1. The molecule has 0 bridgehead atoms. The number of nitrogens with zero attached hydrogens (tertiary/aromatic N) is 2. The number of sulfonamides is 1. The van der Waals surface area contributed by atoms with Crippen LogP contribution in [0.15, 0.2) is 77.3 Å². The van der Waals surface area contributed by atoms with Gasteiger partial charge in [0.15, 0.2) is 0 Å². The van der Waals surface area contributed by atoms with Crippen LogP contribution >= 0.6 is 39.1 Å². The quantitative estimate of drug-likeness (QED) is 0.224. The Morgan fingerprint density at radius 1 is 0.952 bits per heavy atom. The minimum absolute atomic E-state index is 0.00823. The van der Waals surface area contributed by atoms with E-state index < -0.39 is 21.6 Å². The summed E-state index contributed by atoms with van der Waals surface area (Å²) in [5.74, 6) is -0.533. The van der Waals surface area contributed by atoms with E-state index in [1.54, 1.807) is 11.0 Å². The highest BCUT2D eigenvalue weighted by Crippen LogP contribution is 2.31. The van der Waals surface area contributed by atoms with Gasteiger partial charge in [0.25, 0.3) is 0 Å². The van der Waals surface area contributed by atoms with Crippen LogP contribution in [0.25, 0.3) is 0 Å². The average molecular weight is 698 g/mol. The summed E-state index contributed by atoms with van der Waals surface area (Å²) in [6.45, 7) is 5.90. The molecule has 3 rings (SSSR count). The first-order valence-electron chi connectivity index (χ1n) is 13.5. The van der Waals surface area contributed by atoms with E-state index in [4.69, 9.17) is 23.2 Å². The van der Waals surface area contributed by atoms with E-state index in [0.29, 0.717) is 11.4 Å². The number of rotatable bonds is 12. The molecule has 3 aromatic carbocycles. The topological polar surface area (TPSA) is 86.8 Å². The second-order valence-corrected chi connectivity index (χ2v) is 14.8. The van der Waals surface area contributed by atoms with Gasteiger partial charge in [-0.3, -0.25) is 13.9 Å². The van der Waals surface area contributed by atoms with E-state index in [0.717, 1.165) is 26.2 Å². The Kier molecular flexibility index (Phi) is 11.9. The summed E-state index contributed by atoms with van der Waals surface area (Å²) < 4.78 is 27.4. The fraction of sp³-hybridized carbons (Fsp3) is 0.355. The largest absolute Gasteiger partial charge is 0.350 e. The van der Waals surface area contributed by atoms with Gasteiger partial charge in [0.2, 0.25) is 21.8 Å². The van der Waals surface area contributed by atoms with Gasteiger partial charge in [0.05, 0.1) is 17.0 Å². The third-order valence-electron chi connectivity index (χ3n) is 6.36. The van der Waals surface area contributed by atoms with Crippen molar-refractivity contribution in [2.24, 2.45) is 0 Å². The number of carbonyl (C=O) groups is 2. The first-order valence-corrected chi connectivity index (χ1v) is 16.9. The maximum absolute atomic E-state index is 13.9. The predicted octanol–water partition coefficient (Wildman–Crippen LogP) is 6.86. The molecule has 0 aromatic heterocycles. The summed E-state index contributed by atoms with van der Waals surface area (Å²) in [4.78, 5) is 29.2. The van der Waals surface area contributed by atoms with Crippen molar-refractivity contribution in [1.82, 2.24) is 10.2 Å². The zero-order chi connectivity index (χ0) is 31.1. The van der Waals surface area contributed by atoms with E-state index in [-0.39, 0.29) is 48.5 Å². The Labute approximate surface area is 267 Å². The number of hydrogen-bond acceptors (Lipinski definition) is 4. The summed E-state index contributed by atoms with van der Waals surface area (Å²) >= 11 is 15.9. The lowest BCUT2D eigenvalue weighted by atomic mass is 10.00. The number of nitrogens with one attached hydrogen (secondary N) is 1. The molecule has 0 heterocycles. The van der Waals surface area contributed by atoms with Gasteiger partial charge in [-0.2, -0.15) is 0 Å². The van der Waals surface area contributed by atoms with Crippen LogP contribution in [0.3, 0.4) is 0 Å². The molecule has 7 nitrogen and oxygen atoms in total. The van der Waals surface area contributed by atoms with Crippen LogP contribution < -0.4 is 9.62 Å². The van der Waals surface area contributed by atoms with Crippen molar-refractivity contribution in [3.8, 4) is 0 Å². The van der Waals surface area contributed by atoms with Crippen LogP contribution in [0.4, 0.5) is 5.69 Å². The standard InChI is InChI=1S/C31H36BrCl2N3O4S/c1-31(2,3)35-30(39)28(19-22-9-6-5-7-10-22)36(21-23-12-14-24(32)15-13-23)29(38)11-8-18-37(42(4,40)41)27-20-25(33)16-17-26(27)34/h5-7,9-10,12-17,20,28H,8,11,18-19,21H2,1-4H3,(H,35,39). The normalized spacial score (nSPS) is 12.5. The van der Waals surface area contributed by atoms with E-state index in [9.17, 15) is 18.0 Å². The van der Waals surface area contributed by atoms with Gasteiger partial charge in [-0.15, -0.1) is 0 Å². The maximum atomic E-state index is 13.9. The van der Waals surface area contributed by atoms with Crippen molar-refractivity contribution in [2.45, 2.75) is 58.2 Å². The highest BCUT2D eigenvalue weighted by molar-refractivity contribution is 9.10. The molecule has 11 heteroatoms. The average Bonchev–Trinajstić information content (AvgIpc) is 2.90. The van der Waals surface area contributed by atoms with E-state index in [2.05, 4.69) is 21.2 Å². The van der Waals surface area contributed by atoms with Gasteiger partial charge in [-0.25, -0.2) is 8.42 Å². The molecule has 0 aliphatic rings. The van der Waals surface area contributed by atoms with Crippen molar-refractivity contribution in [3.05, 3.63) is 98.4 Å². The number of anilines is 1. The number of amides is 2. The highest BCUT2D eigenvalue weighted by atomic mass is 79.9. The van der Waals surface area contributed by atoms with Crippen molar-refractivity contribution in [3.63, 3.8) is 0 Å². The molecular formula is C31H36BrCl2N3O4S. The molecule has 42 heavy (non-hydrogen) atoms. The van der Waals surface area contributed by atoms with Gasteiger partial charge in [0, 0.05) is 41.0 Å². The Bertz CT molecular complexity index is 1480. The molecule has 226 valence electrons. The monoisotopic (exact) mass is 695 g/mol. The van der Waals surface area contributed by atoms with Crippen molar-refractivity contribution < 1.29 is 18.0 Å². The van der Waals surface area contributed by atoms with Crippen LogP contribution in [-0.2, 0) is 32.6 Å². The first kappa shape index (κ1) is 33.9. The molecule has 0 saturated carbocycles.